The van der Waals surface area contributed by atoms with Crippen molar-refractivity contribution in [2.75, 3.05) is 18.4 Å². The minimum Gasteiger partial charge on any atom is -0.478 e. The number of thiophene rings is 1. The number of nitrogens with zero attached hydrogens (tertiary/aromatic N) is 1. The van der Waals surface area contributed by atoms with Crippen LogP contribution < -0.4 is 5.32 Å². The maximum atomic E-state index is 12.3. The number of fused-ring (bicyclic) bond motifs is 1. The Morgan fingerprint density at radius 1 is 1.25 bits per heavy atom. The Bertz CT molecular complexity index is 798. The summed E-state index contributed by atoms with van der Waals surface area (Å²) in [5.41, 5.74) is 3.52. The number of benzene rings is 1. The van der Waals surface area contributed by atoms with Gasteiger partial charge in [0.1, 0.15) is 5.00 Å². The van der Waals surface area contributed by atoms with Gasteiger partial charge >= 0.3 is 5.97 Å². The highest BCUT2D eigenvalue weighted by molar-refractivity contribution is 7.16. The molecule has 0 saturated carbocycles. The topological polar surface area (TPSA) is 69.6 Å². The second-order valence-electron chi connectivity index (χ2n) is 6.07. The molecule has 1 aromatic carbocycles. The van der Waals surface area contributed by atoms with E-state index in [0.29, 0.717) is 5.00 Å². The van der Waals surface area contributed by atoms with E-state index in [4.69, 9.17) is 0 Å². The molecule has 1 aliphatic heterocycles. The van der Waals surface area contributed by atoms with Gasteiger partial charge in [-0.2, -0.15) is 0 Å². The van der Waals surface area contributed by atoms with Crippen LogP contribution in [0.5, 0.6) is 0 Å². The predicted molar refractivity (Wildman–Crippen MR) is 94.8 cm³/mol. The molecule has 0 fully saturated rings. The summed E-state index contributed by atoms with van der Waals surface area (Å²) in [5, 5.41) is 12.6. The van der Waals surface area contributed by atoms with Gasteiger partial charge in [-0.15, -0.1) is 11.3 Å². The Morgan fingerprint density at radius 2 is 1.96 bits per heavy atom. The number of nitrogens with one attached hydrogen (secondary N) is 1. The molecule has 2 heterocycles. The van der Waals surface area contributed by atoms with Gasteiger partial charge in [0.25, 0.3) is 0 Å². The molecule has 0 unspecified atom stereocenters. The average Bonchev–Trinajstić information content (AvgIpc) is 2.81. The predicted octanol–water partition coefficient (Wildman–Crippen LogP) is 3.06. The van der Waals surface area contributed by atoms with E-state index in [2.05, 4.69) is 22.3 Å². The van der Waals surface area contributed by atoms with Crippen molar-refractivity contribution >= 4 is 28.2 Å². The van der Waals surface area contributed by atoms with Crippen LogP contribution in [-0.2, 0) is 17.8 Å². The van der Waals surface area contributed by atoms with E-state index >= 15 is 0 Å². The standard InChI is InChI=1S/C18H20N2O3S/c1-11-12(2)24-17(16(11)18(22)23)19-15(21)10-20-8-7-13-5-3-4-6-14(13)9-20/h3-6H,7-10H2,1-2H3,(H,19,21)(H,22,23). The van der Waals surface area contributed by atoms with Crippen LogP contribution in [0.3, 0.4) is 0 Å². The highest BCUT2D eigenvalue weighted by atomic mass is 32.1. The monoisotopic (exact) mass is 344 g/mol. The first-order chi connectivity index (χ1) is 11.5. The molecule has 0 aliphatic carbocycles. The van der Waals surface area contributed by atoms with Crippen LogP contribution in [0.4, 0.5) is 5.00 Å². The van der Waals surface area contributed by atoms with Gasteiger partial charge in [-0.1, -0.05) is 24.3 Å². The van der Waals surface area contributed by atoms with Crippen LogP contribution in [0.2, 0.25) is 0 Å². The summed E-state index contributed by atoms with van der Waals surface area (Å²) in [6.07, 6.45) is 0.932. The molecule has 6 heteroatoms. The number of carboxylic acids is 1. The summed E-state index contributed by atoms with van der Waals surface area (Å²) in [6, 6.07) is 8.27. The number of carbonyl (C=O) groups excluding carboxylic acids is 1. The van der Waals surface area contributed by atoms with Crippen molar-refractivity contribution in [1.82, 2.24) is 4.90 Å². The van der Waals surface area contributed by atoms with Crippen LogP contribution >= 0.6 is 11.3 Å². The van der Waals surface area contributed by atoms with Crippen molar-refractivity contribution in [2.45, 2.75) is 26.8 Å². The highest BCUT2D eigenvalue weighted by Gasteiger charge is 2.22. The lowest BCUT2D eigenvalue weighted by Gasteiger charge is -2.28. The van der Waals surface area contributed by atoms with Gasteiger partial charge in [-0.3, -0.25) is 9.69 Å². The van der Waals surface area contributed by atoms with E-state index in [9.17, 15) is 14.7 Å². The lowest BCUT2D eigenvalue weighted by Crippen LogP contribution is -2.37. The number of carboxylic acid groups (broad SMARTS) is 1. The number of hydrogen-bond donors (Lipinski definition) is 2. The smallest absolute Gasteiger partial charge is 0.338 e. The number of amides is 1. The molecule has 1 aliphatic rings. The second-order valence-corrected chi connectivity index (χ2v) is 7.29. The highest BCUT2D eigenvalue weighted by Crippen LogP contribution is 2.32. The van der Waals surface area contributed by atoms with E-state index < -0.39 is 5.97 Å². The van der Waals surface area contributed by atoms with E-state index in [0.717, 1.165) is 30.0 Å². The fraction of sp³-hybridized carbons (Fsp3) is 0.333. The maximum Gasteiger partial charge on any atom is 0.338 e. The molecule has 3 rings (SSSR count). The third-order valence-electron chi connectivity index (χ3n) is 4.43. The quantitative estimate of drug-likeness (QED) is 0.894. The third-order valence-corrected chi connectivity index (χ3v) is 5.55. The van der Waals surface area contributed by atoms with Gasteiger partial charge < -0.3 is 10.4 Å². The molecule has 126 valence electrons. The first-order valence-corrected chi connectivity index (χ1v) is 8.69. The molecule has 0 saturated heterocycles. The normalized spacial score (nSPS) is 14.2. The zero-order valence-electron chi connectivity index (χ0n) is 13.8. The second kappa shape index (κ2) is 6.75. The first kappa shape index (κ1) is 16.7. The molecular weight excluding hydrogens is 324 g/mol. The van der Waals surface area contributed by atoms with E-state index in [1.165, 1.54) is 22.5 Å². The zero-order chi connectivity index (χ0) is 17.3. The van der Waals surface area contributed by atoms with Crippen LogP contribution in [-0.4, -0.2) is 35.0 Å². The fourth-order valence-electron chi connectivity index (χ4n) is 3.03. The molecule has 0 bridgehead atoms. The van der Waals surface area contributed by atoms with Gasteiger partial charge in [-0.05, 0) is 37.0 Å². The molecule has 1 aromatic heterocycles. The van der Waals surface area contributed by atoms with Crippen LogP contribution in [0.15, 0.2) is 24.3 Å². The summed E-state index contributed by atoms with van der Waals surface area (Å²) in [6.45, 7) is 5.48. The lowest BCUT2D eigenvalue weighted by atomic mass is 10.00. The van der Waals surface area contributed by atoms with Gasteiger partial charge in [0, 0.05) is 18.0 Å². The van der Waals surface area contributed by atoms with Crippen molar-refractivity contribution in [3.63, 3.8) is 0 Å². The van der Waals surface area contributed by atoms with Crippen molar-refractivity contribution < 1.29 is 14.7 Å². The molecule has 5 nitrogen and oxygen atoms in total. The summed E-state index contributed by atoms with van der Waals surface area (Å²) in [5.74, 6) is -1.17. The SMILES string of the molecule is Cc1sc(NC(=O)CN2CCc3ccccc3C2)c(C(=O)O)c1C. The number of anilines is 1. The van der Waals surface area contributed by atoms with Crippen molar-refractivity contribution in [3.05, 3.63) is 51.4 Å². The van der Waals surface area contributed by atoms with Gasteiger partial charge in [-0.25, -0.2) is 4.79 Å². The number of aromatic carboxylic acids is 1. The molecule has 0 spiro atoms. The largest absolute Gasteiger partial charge is 0.478 e. The van der Waals surface area contributed by atoms with Gasteiger partial charge in [0.2, 0.25) is 5.91 Å². The summed E-state index contributed by atoms with van der Waals surface area (Å²) in [4.78, 5) is 26.8. The van der Waals surface area contributed by atoms with Crippen molar-refractivity contribution in [3.8, 4) is 0 Å². The minimum atomic E-state index is -1.00. The van der Waals surface area contributed by atoms with E-state index in [1.807, 2.05) is 19.1 Å². The molecule has 0 radical (unpaired) electrons. The van der Waals surface area contributed by atoms with Gasteiger partial charge in [0.15, 0.2) is 0 Å². The Balaban J connectivity index is 1.67. The summed E-state index contributed by atoms with van der Waals surface area (Å²) >= 11 is 1.32. The van der Waals surface area contributed by atoms with Crippen molar-refractivity contribution in [1.29, 1.82) is 0 Å². The molecule has 2 N–H and O–H groups in total. The average molecular weight is 344 g/mol. The molecule has 24 heavy (non-hydrogen) atoms. The Labute approximate surface area is 144 Å². The fourth-order valence-corrected chi connectivity index (χ4v) is 4.10. The summed E-state index contributed by atoms with van der Waals surface area (Å²) < 4.78 is 0. The lowest BCUT2D eigenvalue weighted by molar-refractivity contribution is -0.117. The van der Waals surface area contributed by atoms with E-state index in [1.54, 1.807) is 6.92 Å². The van der Waals surface area contributed by atoms with Gasteiger partial charge in [0.05, 0.1) is 12.1 Å². The van der Waals surface area contributed by atoms with Crippen LogP contribution in [0.25, 0.3) is 0 Å². The molecule has 1 amide bonds. The first-order valence-electron chi connectivity index (χ1n) is 7.88. The van der Waals surface area contributed by atoms with E-state index in [-0.39, 0.29) is 18.0 Å². The minimum absolute atomic E-state index is 0.168. The summed E-state index contributed by atoms with van der Waals surface area (Å²) in [7, 11) is 0. The molecule has 0 atom stereocenters. The van der Waals surface area contributed by atoms with Crippen LogP contribution in [0.1, 0.15) is 31.9 Å². The number of hydrogen-bond acceptors (Lipinski definition) is 4. The molecular formula is C18H20N2O3S. The third kappa shape index (κ3) is 3.34. The number of rotatable bonds is 4. The van der Waals surface area contributed by atoms with Crippen LogP contribution in [0, 0.1) is 13.8 Å². The number of aryl methyl sites for hydroxylation is 1. The maximum absolute atomic E-state index is 12.3. The Hall–Kier alpha value is -2.18. The Kier molecular flexibility index (Phi) is 4.69. The zero-order valence-corrected chi connectivity index (χ0v) is 14.6. The Morgan fingerprint density at radius 3 is 2.67 bits per heavy atom. The molecule has 2 aromatic rings. The number of carbonyl (C=O) groups is 2. The van der Waals surface area contributed by atoms with Crippen molar-refractivity contribution in [2.24, 2.45) is 0 Å².